The summed E-state index contributed by atoms with van der Waals surface area (Å²) in [6.07, 6.45) is 2.75. The average molecular weight is 307 g/mol. The number of aromatic nitrogens is 2. The van der Waals surface area contributed by atoms with Crippen LogP contribution >= 0.6 is 0 Å². The number of hydrogen-bond acceptors (Lipinski definition) is 4. The quantitative estimate of drug-likeness (QED) is 0.906. The largest absolute Gasteiger partial charge is 0.478 e. The lowest BCUT2D eigenvalue weighted by molar-refractivity contribution is 0.0696. The Morgan fingerprint density at radius 1 is 1.29 bits per heavy atom. The second-order valence-corrected chi connectivity index (χ2v) is 6.85. The molecule has 0 unspecified atom stereocenters. The first-order chi connectivity index (χ1) is 9.88. The van der Waals surface area contributed by atoms with E-state index in [2.05, 4.69) is 5.10 Å². The SMILES string of the molecule is Cn1cc(S(=O)(=O)N2Cc3ccc(C(=O)O)cc3C2)cn1. The molecule has 2 heterocycles. The van der Waals surface area contributed by atoms with Gasteiger partial charge in [0.05, 0.1) is 11.8 Å². The highest BCUT2D eigenvalue weighted by molar-refractivity contribution is 7.89. The summed E-state index contributed by atoms with van der Waals surface area (Å²) in [4.78, 5) is 11.1. The zero-order valence-electron chi connectivity index (χ0n) is 11.2. The van der Waals surface area contributed by atoms with Crippen molar-refractivity contribution in [3.8, 4) is 0 Å². The van der Waals surface area contributed by atoms with Crippen LogP contribution in [0.25, 0.3) is 0 Å². The number of aromatic carboxylic acids is 1. The Balaban J connectivity index is 1.92. The maximum atomic E-state index is 12.5. The van der Waals surface area contributed by atoms with Crippen LogP contribution < -0.4 is 0 Å². The van der Waals surface area contributed by atoms with E-state index in [1.165, 1.54) is 33.5 Å². The van der Waals surface area contributed by atoms with Crippen molar-refractivity contribution in [2.75, 3.05) is 0 Å². The number of sulfonamides is 1. The Bertz CT molecular complexity index is 826. The monoisotopic (exact) mass is 307 g/mol. The first-order valence-corrected chi connectivity index (χ1v) is 7.66. The van der Waals surface area contributed by atoms with E-state index in [0.29, 0.717) is 0 Å². The van der Waals surface area contributed by atoms with E-state index in [4.69, 9.17) is 5.11 Å². The molecule has 0 aliphatic carbocycles. The van der Waals surface area contributed by atoms with Gasteiger partial charge in [-0.05, 0) is 23.3 Å². The van der Waals surface area contributed by atoms with E-state index in [1.54, 1.807) is 13.1 Å². The van der Waals surface area contributed by atoms with Crippen LogP contribution in [0.3, 0.4) is 0 Å². The first kappa shape index (κ1) is 13.8. The normalized spacial score (nSPS) is 15.1. The average Bonchev–Trinajstić information content (AvgIpc) is 3.03. The highest BCUT2D eigenvalue weighted by atomic mass is 32.2. The van der Waals surface area contributed by atoms with E-state index in [-0.39, 0.29) is 23.5 Å². The van der Waals surface area contributed by atoms with Gasteiger partial charge in [-0.2, -0.15) is 9.40 Å². The van der Waals surface area contributed by atoms with Crippen LogP contribution in [-0.2, 0) is 30.2 Å². The molecule has 0 saturated heterocycles. The van der Waals surface area contributed by atoms with Crippen molar-refractivity contribution in [1.82, 2.24) is 14.1 Å². The van der Waals surface area contributed by atoms with Gasteiger partial charge < -0.3 is 5.11 Å². The van der Waals surface area contributed by atoms with Crippen molar-refractivity contribution < 1.29 is 18.3 Å². The van der Waals surface area contributed by atoms with Crippen LogP contribution in [0.1, 0.15) is 21.5 Å². The van der Waals surface area contributed by atoms with Crippen LogP contribution in [0.15, 0.2) is 35.5 Å². The van der Waals surface area contributed by atoms with Crippen LogP contribution in [0.2, 0.25) is 0 Å². The first-order valence-electron chi connectivity index (χ1n) is 6.22. The standard InChI is InChI=1S/C13H13N3O4S/c1-15-8-12(5-14-15)21(19,20)16-6-10-3-2-9(13(17)18)4-11(10)7-16/h2-5,8H,6-7H2,1H3,(H,17,18). The van der Waals surface area contributed by atoms with Gasteiger partial charge in [-0.3, -0.25) is 4.68 Å². The summed E-state index contributed by atoms with van der Waals surface area (Å²) >= 11 is 0. The number of carboxylic acid groups (broad SMARTS) is 1. The molecule has 1 aromatic carbocycles. The van der Waals surface area contributed by atoms with Gasteiger partial charge in [0.25, 0.3) is 0 Å². The molecule has 1 N–H and O–H groups in total. The van der Waals surface area contributed by atoms with E-state index in [0.717, 1.165) is 11.1 Å². The Labute approximate surface area is 121 Å². The summed E-state index contributed by atoms with van der Waals surface area (Å²) in [7, 11) is -1.97. The molecule has 0 saturated carbocycles. The summed E-state index contributed by atoms with van der Waals surface area (Å²) in [6.45, 7) is 0.417. The second-order valence-electron chi connectivity index (χ2n) is 4.91. The van der Waals surface area contributed by atoms with Gasteiger partial charge in [0.1, 0.15) is 4.90 Å². The van der Waals surface area contributed by atoms with E-state index >= 15 is 0 Å². The van der Waals surface area contributed by atoms with Crippen LogP contribution in [-0.4, -0.2) is 33.6 Å². The number of nitrogens with zero attached hydrogens (tertiary/aromatic N) is 3. The maximum Gasteiger partial charge on any atom is 0.335 e. The molecule has 0 spiro atoms. The molecule has 1 aliphatic heterocycles. The molecule has 7 nitrogen and oxygen atoms in total. The Morgan fingerprint density at radius 3 is 2.62 bits per heavy atom. The molecule has 0 fully saturated rings. The van der Waals surface area contributed by atoms with Crippen LogP contribution in [0.5, 0.6) is 0 Å². The highest BCUT2D eigenvalue weighted by Gasteiger charge is 2.31. The maximum absolute atomic E-state index is 12.5. The molecule has 0 radical (unpaired) electrons. The third-order valence-electron chi connectivity index (χ3n) is 3.47. The number of fused-ring (bicyclic) bond motifs is 1. The third-order valence-corrected chi connectivity index (χ3v) is 5.21. The summed E-state index contributed by atoms with van der Waals surface area (Å²) in [6, 6.07) is 4.68. The van der Waals surface area contributed by atoms with Gasteiger partial charge in [-0.15, -0.1) is 0 Å². The molecule has 110 valence electrons. The molecular weight excluding hydrogens is 294 g/mol. The van der Waals surface area contributed by atoms with Crippen molar-refractivity contribution in [3.05, 3.63) is 47.3 Å². The van der Waals surface area contributed by atoms with Gasteiger partial charge in [-0.25, -0.2) is 13.2 Å². The third kappa shape index (κ3) is 2.32. The smallest absolute Gasteiger partial charge is 0.335 e. The molecule has 0 amide bonds. The Hall–Kier alpha value is -2.19. The van der Waals surface area contributed by atoms with Gasteiger partial charge >= 0.3 is 5.97 Å². The van der Waals surface area contributed by atoms with Crippen molar-refractivity contribution in [1.29, 1.82) is 0 Å². The summed E-state index contributed by atoms with van der Waals surface area (Å²) in [5.41, 5.74) is 1.71. The number of benzene rings is 1. The fourth-order valence-corrected chi connectivity index (χ4v) is 3.73. The minimum Gasteiger partial charge on any atom is -0.478 e. The van der Waals surface area contributed by atoms with Crippen molar-refractivity contribution in [3.63, 3.8) is 0 Å². The lowest BCUT2D eigenvalue weighted by Gasteiger charge is -2.13. The van der Waals surface area contributed by atoms with E-state index < -0.39 is 16.0 Å². The Kier molecular flexibility index (Phi) is 3.07. The number of hydrogen-bond donors (Lipinski definition) is 1. The van der Waals surface area contributed by atoms with Crippen LogP contribution in [0, 0.1) is 0 Å². The molecular formula is C13H13N3O4S. The lowest BCUT2D eigenvalue weighted by atomic mass is 10.1. The topological polar surface area (TPSA) is 92.5 Å². The van der Waals surface area contributed by atoms with Crippen molar-refractivity contribution >= 4 is 16.0 Å². The van der Waals surface area contributed by atoms with E-state index in [1.807, 2.05) is 0 Å². The number of aryl methyl sites for hydroxylation is 1. The summed E-state index contributed by atoms with van der Waals surface area (Å²) in [5.74, 6) is -1.02. The zero-order valence-corrected chi connectivity index (χ0v) is 12.0. The number of carboxylic acids is 1. The van der Waals surface area contributed by atoms with Crippen molar-refractivity contribution in [2.24, 2.45) is 7.05 Å². The Morgan fingerprint density at radius 2 is 2.00 bits per heavy atom. The van der Waals surface area contributed by atoms with E-state index in [9.17, 15) is 13.2 Å². The molecule has 21 heavy (non-hydrogen) atoms. The molecule has 0 bridgehead atoms. The van der Waals surface area contributed by atoms with Crippen LogP contribution in [0.4, 0.5) is 0 Å². The molecule has 0 atom stereocenters. The predicted molar refractivity (Wildman–Crippen MR) is 73.0 cm³/mol. The minimum absolute atomic E-state index is 0.135. The molecule has 2 aromatic rings. The van der Waals surface area contributed by atoms with Gasteiger partial charge in [-0.1, -0.05) is 6.07 Å². The molecule has 8 heteroatoms. The zero-order chi connectivity index (χ0) is 15.2. The fourth-order valence-electron chi connectivity index (χ4n) is 2.35. The molecule has 3 rings (SSSR count). The summed E-state index contributed by atoms with van der Waals surface area (Å²) < 4.78 is 27.7. The summed E-state index contributed by atoms with van der Waals surface area (Å²) in [5, 5.41) is 12.9. The number of rotatable bonds is 3. The molecule has 1 aromatic heterocycles. The predicted octanol–water partition coefficient (Wildman–Crippen LogP) is 0.823. The van der Waals surface area contributed by atoms with Gasteiger partial charge in [0.15, 0.2) is 0 Å². The highest BCUT2D eigenvalue weighted by Crippen LogP contribution is 2.29. The van der Waals surface area contributed by atoms with Crippen molar-refractivity contribution in [2.45, 2.75) is 18.0 Å². The fraction of sp³-hybridized carbons (Fsp3) is 0.231. The molecule has 1 aliphatic rings. The minimum atomic E-state index is -3.62. The van der Waals surface area contributed by atoms with Gasteiger partial charge in [0.2, 0.25) is 10.0 Å². The number of carbonyl (C=O) groups is 1. The van der Waals surface area contributed by atoms with Gasteiger partial charge in [0, 0.05) is 26.3 Å². The second kappa shape index (κ2) is 4.68. The lowest BCUT2D eigenvalue weighted by Crippen LogP contribution is -2.25.